The van der Waals surface area contributed by atoms with Crippen LogP contribution < -0.4 is 5.32 Å². The Morgan fingerprint density at radius 2 is 1.96 bits per heavy atom. The van der Waals surface area contributed by atoms with Gasteiger partial charge in [-0.1, -0.05) is 44.9 Å². The SMILES string of the molecule is Cc1ccccc1NC(=O)COC(=O)[C@H]1CC(=O)N([C@H]2CCC[C@H](C)[C@@H]2C)C1. The molecule has 2 aliphatic rings. The van der Waals surface area contributed by atoms with Crippen molar-refractivity contribution in [2.45, 2.75) is 52.5 Å². The minimum atomic E-state index is -0.483. The topological polar surface area (TPSA) is 75.7 Å². The van der Waals surface area contributed by atoms with Gasteiger partial charge >= 0.3 is 5.97 Å². The lowest BCUT2D eigenvalue weighted by Gasteiger charge is -2.39. The van der Waals surface area contributed by atoms with Crippen molar-refractivity contribution in [2.24, 2.45) is 17.8 Å². The van der Waals surface area contributed by atoms with E-state index in [1.165, 1.54) is 6.42 Å². The Balaban J connectivity index is 1.50. The maximum atomic E-state index is 12.5. The van der Waals surface area contributed by atoms with E-state index in [-0.39, 0.29) is 30.9 Å². The lowest BCUT2D eigenvalue weighted by atomic mass is 9.77. The van der Waals surface area contributed by atoms with Gasteiger partial charge in [0.1, 0.15) is 0 Å². The first-order valence-corrected chi connectivity index (χ1v) is 10.2. The number of aryl methyl sites for hydroxylation is 1. The van der Waals surface area contributed by atoms with Crippen molar-refractivity contribution < 1.29 is 19.1 Å². The van der Waals surface area contributed by atoms with Crippen LogP contribution in [-0.2, 0) is 19.1 Å². The summed E-state index contributed by atoms with van der Waals surface area (Å²) in [7, 11) is 0. The van der Waals surface area contributed by atoms with Crippen molar-refractivity contribution in [3.05, 3.63) is 29.8 Å². The number of likely N-dealkylation sites (tertiary alicyclic amines) is 1. The summed E-state index contributed by atoms with van der Waals surface area (Å²) in [6, 6.07) is 7.63. The molecule has 6 nitrogen and oxygen atoms in total. The number of hydrogen-bond acceptors (Lipinski definition) is 4. The number of esters is 1. The van der Waals surface area contributed by atoms with Crippen LogP contribution in [-0.4, -0.2) is 41.9 Å². The largest absolute Gasteiger partial charge is 0.455 e. The monoisotopic (exact) mass is 386 g/mol. The third-order valence-electron chi connectivity index (χ3n) is 6.32. The Hall–Kier alpha value is -2.37. The van der Waals surface area contributed by atoms with E-state index in [0.29, 0.717) is 24.1 Å². The summed E-state index contributed by atoms with van der Waals surface area (Å²) >= 11 is 0. The van der Waals surface area contributed by atoms with Crippen molar-refractivity contribution in [2.75, 3.05) is 18.5 Å². The number of para-hydroxylation sites is 1. The molecular weight excluding hydrogens is 356 g/mol. The van der Waals surface area contributed by atoms with E-state index in [4.69, 9.17) is 4.74 Å². The standard InChI is InChI=1S/C22H30N2O4/c1-14-8-6-10-19(16(14)3)24-12-17(11-21(24)26)22(27)28-13-20(25)23-18-9-5-4-7-15(18)2/h4-5,7,9,14,16-17,19H,6,8,10-13H2,1-3H3,(H,23,25)/t14-,16-,17-,19-/m0/s1. The summed E-state index contributed by atoms with van der Waals surface area (Å²) in [5, 5.41) is 2.74. The number of nitrogens with one attached hydrogen (secondary N) is 1. The molecule has 152 valence electrons. The Bertz CT molecular complexity index is 748. The molecular formula is C22H30N2O4. The van der Waals surface area contributed by atoms with Gasteiger partial charge in [-0.2, -0.15) is 0 Å². The second-order valence-electron chi connectivity index (χ2n) is 8.25. The molecule has 1 aromatic rings. The molecule has 1 aromatic carbocycles. The molecule has 1 aliphatic carbocycles. The summed E-state index contributed by atoms with van der Waals surface area (Å²) in [6.45, 7) is 6.39. The molecule has 2 amide bonds. The highest BCUT2D eigenvalue weighted by atomic mass is 16.5. The summed E-state index contributed by atoms with van der Waals surface area (Å²) in [4.78, 5) is 38.9. The normalized spacial score (nSPS) is 27.5. The average molecular weight is 386 g/mol. The minimum absolute atomic E-state index is 0.0252. The zero-order chi connectivity index (χ0) is 20.3. The molecule has 1 saturated heterocycles. The van der Waals surface area contributed by atoms with E-state index in [0.717, 1.165) is 18.4 Å². The minimum Gasteiger partial charge on any atom is -0.455 e. The molecule has 0 unspecified atom stereocenters. The smallest absolute Gasteiger partial charge is 0.311 e. The number of hydrogen-bond donors (Lipinski definition) is 1. The zero-order valence-corrected chi connectivity index (χ0v) is 16.9. The van der Waals surface area contributed by atoms with Gasteiger partial charge in [-0.3, -0.25) is 14.4 Å². The summed E-state index contributed by atoms with van der Waals surface area (Å²) in [5.74, 6) is -0.277. The van der Waals surface area contributed by atoms with Crippen molar-refractivity contribution in [3.8, 4) is 0 Å². The van der Waals surface area contributed by atoms with Gasteiger partial charge in [0.25, 0.3) is 5.91 Å². The van der Waals surface area contributed by atoms with Crippen LogP contribution in [0, 0.1) is 24.7 Å². The number of benzene rings is 1. The van der Waals surface area contributed by atoms with Gasteiger partial charge in [0.2, 0.25) is 5.91 Å². The Labute approximate surface area is 166 Å². The van der Waals surface area contributed by atoms with Crippen LogP contribution in [0.2, 0.25) is 0 Å². The van der Waals surface area contributed by atoms with Crippen molar-refractivity contribution in [1.29, 1.82) is 0 Å². The summed E-state index contributed by atoms with van der Waals surface area (Å²) < 4.78 is 5.20. The fourth-order valence-corrected chi connectivity index (χ4v) is 4.36. The number of ether oxygens (including phenoxy) is 1. The number of rotatable bonds is 5. The lowest BCUT2D eigenvalue weighted by Crippen LogP contribution is -2.45. The number of carbonyl (C=O) groups is 3. The molecule has 3 rings (SSSR count). The van der Waals surface area contributed by atoms with Crippen LogP contribution in [0.15, 0.2) is 24.3 Å². The van der Waals surface area contributed by atoms with Crippen molar-refractivity contribution in [1.82, 2.24) is 4.90 Å². The third kappa shape index (κ3) is 4.54. The van der Waals surface area contributed by atoms with Gasteiger partial charge in [0, 0.05) is 24.7 Å². The molecule has 2 fully saturated rings. The molecule has 6 heteroatoms. The van der Waals surface area contributed by atoms with Crippen LogP contribution in [0.25, 0.3) is 0 Å². The van der Waals surface area contributed by atoms with Crippen molar-refractivity contribution >= 4 is 23.5 Å². The molecule has 0 bridgehead atoms. The zero-order valence-electron chi connectivity index (χ0n) is 16.9. The maximum Gasteiger partial charge on any atom is 0.311 e. The Morgan fingerprint density at radius 1 is 1.21 bits per heavy atom. The first kappa shape index (κ1) is 20.4. The van der Waals surface area contributed by atoms with Gasteiger partial charge in [-0.15, -0.1) is 0 Å². The lowest BCUT2D eigenvalue weighted by molar-refractivity contribution is -0.151. The highest BCUT2D eigenvalue weighted by molar-refractivity contribution is 5.94. The number of anilines is 1. The second-order valence-corrected chi connectivity index (χ2v) is 8.25. The molecule has 4 atom stereocenters. The summed E-state index contributed by atoms with van der Waals surface area (Å²) in [6.07, 6.45) is 3.49. The molecule has 1 saturated carbocycles. The van der Waals surface area contributed by atoms with Gasteiger partial charge in [0.05, 0.1) is 5.92 Å². The predicted molar refractivity (Wildman–Crippen MR) is 107 cm³/mol. The van der Waals surface area contributed by atoms with Crippen LogP contribution in [0.3, 0.4) is 0 Å². The van der Waals surface area contributed by atoms with E-state index in [2.05, 4.69) is 19.2 Å². The van der Waals surface area contributed by atoms with E-state index >= 15 is 0 Å². The van der Waals surface area contributed by atoms with E-state index in [1.807, 2.05) is 30.0 Å². The maximum absolute atomic E-state index is 12.5. The number of amides is 2. The van der Waals surface area contributed by atoms with Crippen LogP contribution in [0.1, 0.15) is 45.1 Å². The number of nitrogens with zero attached hydrogens (tertiary/aromatic N) is 1. The van der Waals surface area contributed by atoms with Crippen LogP contribution in [0.5, 0.6) is 0 Å². The van der Waals surface area contributed by atoms with Crippen LogP contribution >= 0.6 is 0 Å². The highest BCUT2D eigenvalue weighted by Crippen LogP contribution is 2.35. The first-order chi connectivity index (χ1) is 13.4. The van der Waals surface area contributed by atoms with E-state index in [9.17, 15) is 14.4 Å². The second kappa shape index (κ2) is 8.76. The van der Waals surface area contributed by atoms with Crippen LogP contribution in [0.4, 0.5) is 5.69 Å². The molecule has 1 aliphatic heterocycles. The van der Waals surface area contributed by atoms with Gasteiger partial charge < -0.3 is 15.0 Å². The number of carbonyl (C=O) groups excluding carboxylic acids is 3. The quantitative estimate of drug-likeness (QED) is 0.789. The Kier molecular flexibility index (Phi) is 6.37. The van der Waals surface area contributed by atoms with Gasteiger partial charge in [-0.25, -0.2) is 0 Å². The molecule has 0 spiro atoms. The Morgan fingerprint density at radius 3 is 2.71 bits per heavy atom. The average Bonchev–Trinajstić information content (AvgIpc) is 3.05. The first-order valence-electron chi connectivity index (χ1n) is 10.2. The van der Waals surface area contributed by atoms with Crippen molar-refractivity contribution in [3.63, 3.8) is 0 Å². The van der Waals surface area contributed by atoms with E-state index < -0.39 is 11.9 Å². The van der Waals surface area contributed by atoms with Gasteiger partial charge in [-0.05, 0) is 36.8 Å². The van der Waals surface area contributed by atoms with Gasteiger partial charge in [0.15, 0.2) is 6.61 Å². The molecule has 0 radical (unpaired) electrons. The summed E-state index contributed by atoms with van der Waals surface area (Å²) in [5.41, 5.74) is 1.64. The molecule has 28 heavy (non-hydrogen) atoms. The molecule has 0 aromatic heterocycles. The predicted octanol–water partition coefficient (Wildman–Crippen LogP) is 3.15. The third-order valence-corrected chi connectivity index (χ3v) is 6.32. The molecule has 1 heterocycles. The highest BCUT2D eigenvalue weighted by Gasteiger charge is 2.42. The van der Waals surface area contributed by atoms with E-state index in [1.54, 1.807) is 6.07 Å². The fourth-order valence-electron chi connectivity index (χ4n) is 4.36. The fraction of sp³-hybridized carbons (Fsp3) is 0.591. The molecule has 1 N–H and O–H groups in total.